The lowest BCUT2D eigenvalue weighted by Crippen LogP contribution is -2.41. The number of rotatable bonds is 8. The van der Waals surface area contributed by atoms with Crippen LogP contribution >= 0.6 is 0 Å². The zero-order chi connectivity index (χ0) is 21.8. The van der Waals surface area contributed by atoms with Gasteiger partial charge in [0.05, 0.1) is 25.7 Å². The van der Waals surface area contributed by atoms with E-state index in [1.165, 1.54) is 95.1 Å². The van der Waals surface area contributed by atoms with Crippen LogP contribution in [-0.2, 0) is 6.42 Å². The predicted molar refractivity (Wildman–Crippen MR) is 132 cm³/mol. The van der Waals surface area contributed by atoms with E-state index in [9.17, 15) is 0 Å². The Bertz CT molecular complexity index is 748. The first-order valence-electron chi connectivity index (χ1n) is 13.5. The molecule has 2 saturated carbocycles. The van der Waals surface area contributed by atoms with Crippen LogP contribution in [0.1, 0.15) is 82.6 Å². The molecule has 0 spiro atoms. The van der Waals surface area contributed by atoms with Crippen molar-refractivity contribution >= 4 is 5.96 Å². The summed E-state index contributed by atoms with van der Waals surface area (Å²) in [5.41, 5.74) is 1.42. The summed E-state index contributed by atoms with van der Waals surface area (Å²) in [6, 6.07) is 9.95. The van der Waals surface area contributed by atoms with Crippen molar-refractivity contribution in [2.45, 2.75) is 95.6 Å². The minimum Gasteiger partial charge on any atom is -0.497 e. The molecule has 1 saturated heterocycles. The maximum Gasteiger partial charge on any atom is 0.197 e. The topological polar surface area (TPSA) is 28.1 Å². The van der Waals surface area contributed by atoms with Gasteiger partial charge in [0.1, 0.15) is 5.75 Å². The fraction of sp³-hybridized carbons (Fsp3) is 0.750. The van der Waals surface area contributed by atoms with Crippen molar-refractivity contribution < 1.29 is 4.74 Å². The van der Waals surface area contributed by atoms with E-state index in [0.717, 1.165) is 37.1 Å². The zero-order valence-corrected chi connectivity index (χ0v) is 20.2. The Morgan fingerprint density at radius 2 is 1.66 bits per heavy atom. The Morgan fingerprint density at radius 3 is 2.38 bits per heavy atom. The SMILES string of the molecule is COc1ccc(C[C@@H]2CN3C(=NC[C@H]3C3CCCCC3)N2CCCC2CCCCC2)cc1. The molecule has 5 rings (SSSR count). The van der Waals surface area contributed by atoms with Crippen LogP contribution in [0.4, 0.5) is 0 Å². The van der Waals surface area contributed by atoms with Crippen molar-refractivity contribution in [2.75, 3.05) is 26.7 Å². The molecule has 2 aliphatic carbocycles. The average Bonchev–Trinajstić information content (AvgIpc) is 3.40. The molecule has 4 nitrogen and oxygen atoms in total. The largest absolute Gasteiger partial charge is 0.497 e. The molecule has 0 aromatic heterocycles. The Balaban J connectivity index is 1.26. The molecule has 2 aliphatic heterocycles. The van der Waals surface area contributed by atoms with Crippen molar-refractivity contribution in [1.82, 2.24) is 9.80 Å². The summed E-state index contributed by atoms with van der Waals surface area (Å²) in [5.74, 6) is 4.12. The molecule has 0 N–H and O–H groups in total. The standard InChI is InChI=1S/C28H43N3O/c1-32-26-16-14-23(15-17-26)19-25-21-31-27(24-12-6-3-7-13-24)20-29-28(31)30(25)18-8-11-22-9-4-2-5-10-22/h14-17,22,24-25,27H,2-13,18-21H2,1H3/t25-,27+/m1/s1. The van der Waals surface area contributed by atoms with E-state index < -0.39 is 0 Å². The first kappa shape index (κ1) is 22.1. The first-order valence-corrected chi connectivity index (χ1v) is 13.5. The molecule has 32 heavy (non-hydrogen) atoms. The molecular weight excluding hydrogens is 394 g/mol. The van der Waals surface area contributed by atoms with Gasteiger partial charge in [-0.3, -0.25) is 4.99 Å². The van der Waals surface area contributed by atoms with E-state index in [1.54, 1.807) is 7.11 Å². The summed E-state index contributed by atoms with van der Waals surface area (Å²) < 4.78 is 5.38. The van der Waals surface area contributed by atoms with Gasteiger partial charge >= 0.3 is 0 Å². The number of guanidine groups is 1. The second-order valence-electron chi connectivity index (χ2n) is 10.8. The number of aliphatic imine (C=N–C) groups is 1. The molecule has 4 heteroatoms. The normalized spacial score (nSPS) is 27.0. The van der Waals surface area contributed by atoms with Gasteiger partial charge in [-0.25, -0.2) is 0 Å². The van der Waals surface area contributed by atoms with Gasteiger partial charge in [-0.05, 0) is 61.6 Å². The number of ether oxygens (including phenoxy) is 1. The third-order valence-electron chi connectivity index (χ3n) is 8.74. The van der Waals surface area contributed by atoms with Gasteiger partial charge in [-0.2, -0.15) is 0 Å². The number of fused-ring (bicyclic) bond motifs is 1. The fourth-order valence-electron chi connectivity index (χ4n) is 6.91. The van der Waals surface area contributed by atoms with Crippen molar-refractivity contribution in [3.63, 3.8) is 0 Å². The van der Waals surface area contributed by atoms with Crippen LogP contribution in [0.2, 0.25) is 0 Å². The van der Waals surface area contributed by atoms with Gasteiger partial charge in [0.25, 0.3) is 0 Å². The maximum absolute atomic E-state index is 5.38. The highest BCUT2D eigenvalue weighted by atomic mass is 16.5. The second-order valence-corrected chi connectivity index (χ2v) is 10.8. The third kappa shape index (κ3) is 4.94. The van der Waals surface area contributed by atoms with Crippen LogP contribution < -0.4 is 4.74 Å². The molecule has 0 unspecified atom stereocenters. The van der Waals surface area contributed by atoms with Gasteiger partial charge in [0, 0.05) is 13.1 Å². The average molecular weight is 438 g/mol. The van der Waals surface area contributed by atoms with Gasteiger partial charge < -0.3 is 14.5 Å². The van der Waals surface area contributed by atoms with E-state index in [2.05, 4.69) is 34.1 Å². The van der Waals surface area contributed by atoms with E-state index in [1.807, 2.05) is 0 Å². The quantitative estimate of drug-likeness (QED) is 0.507. The van der Waals surface area contributed by atoms with Crippen LogP contribution in [0.5, 0.6) is 5.75 Å². The minimum absolute atomic E-state index is 0.555. The number of methoxy groups -OCH3 is 1. The molecule has 4 aliphatic rings. The smallest absolute Gasteiger partial charge is 0.197 e. The highest BCUT2D eigenvalue weighted by molar-refractivity contribution is 5.84. The number of hydrogen-bond donors (Lipinski definition) is 0. The number of benzene rings is 1. The summed E-state index contributed by atoms with van der Waals surface area (Å²) in [7, 11) is 1.75. The number of nitrogens with zero attached hydrogens (tertiary/aromatic N) is 3. The van der Waals surface area contributed by atoms with Crippen LogP contribution in [0.15, 0.2) is 29.3 Å². The van der Waals surface area contributed by atoms with Crippen LogP contribution in [0.25, 0.3) is 0 Å². The Hall–Kier alpha value is -1.71. The van der Waals surface area contributed by atoms with Crippen molar-refractivity contribution in [3.8, 4) is 5.75 Å². The molecule has 3 fully saturated rings. The van der Waals surface area contributed by atoms with E-state index >= 15 is 0 Å². The molecule has 0 amide bonds. The summed E-state index contributed by atoms with van der Waals surface area (Å²) in [6.07, 6.45) is 18.2. The van der Waals surface area contributed by atoms with Crippen molar-refractivity contribution in [1.29, 1.82) is 0 Å². The highest BCUT2D eigenvalue weighted by Crippen LogP contribution is 2.36. The van der Waals surface area contributed by atoms with E-state index in [4.69, 9.17) is 9.73 Å². The Kier molecular flexibility index (Phi) is 7.24. The molecule has 2 heterocycles. The van der Waals surface area contributed by atoms with E-state index in [-0.39, 0.29) is 0 Å². The van der Waals surface area contributed by atoms with Crippen molar-refractivity contribution in [3.05, 3.63) is 29.8 Å². The predicted octanol–water partition coefficient (Wildman–Crippen LogP) is 5.90. The molecule has 1 aromatic carbocycles. The Labute approximate surface area is 195 Å². The summed E-state index contributed by atoms with van der Waals surface area (Å²) in [5, 5.41) is 0. The van der Waals surface area contributed by atoms with Crippen LogP contribution in [0, 0.1) is 11.8 Å². The van der Waals surface area contributed by atoms with Gasteiger partial charge in [0.2, 0.25) is 0 Å². The fourth-order valence-corrected chi connectivity index (χ4v) is 6.91. The molecule has 1 aromatic rings. The van der Waals surface area contributed by atoms with E-state index in [0.29, 0.717) is 12.1 Å². The summed E-state index contributed by atoms with van der Waals surface area (Å²) in [6.45, 7) is 3.38. The minimum atomic E-state index is 0.555. The molecule has 0 bridgehead atoms. The molecule has 0 radical (unpaired) electrons. The van der Waals surface area contributed by atoms with Gasteiger partial charge in [0.15, 0.2) is 5.96 Å². The monoisotopic (exact) mass is 437 g/mol. The Morgan fingerprint density at radius 1 is 0.938 bits per heavy atom. The lowest BCUT2D eigenvalue weighted by molar-refractivity contribution is 0.206. The number of hydrogen-bond acceptors (Lipinski definition) is 4. The van der Waals surface area contributed by atoms with Crippen molar-refractivity contribution in [2.24, 2.45) is 16.8 Å². The van der Waals surface area contributed by atoms with Crippen LogP contribution in [0.3, 0.4) is 0 Å². The van der Waals surface area contributed by atoms with Gasteiger partial charge in [-0.15, -0.1) is 0 Å². The molecule has 176 valence electrons. The maximum atomic E-state index is 5.38. The summed E-state index contributed by atoms with van der Waals surface area (Å²) in [4.78, 5) is 10.6. The molecular formula is C28H43N3O. The lowest BCUT2D eigenvalue weighted by atomic mass is 9.83. The zero-order valence-electron chi connectivity index (χ0n) is 20.2. The van der Waals surface area contributed by atoms with Crippen LogP contribution in [-0.4, -0.2) is 54.6 Å². The highest BCUT2D eigenvalue weighted by Gasteiger charge is 2.44. The molecule has 2 atom stereocenters. The second kappa shape index (κ2) is 10.5. The summed E-state index contributed by atoms with van der Waals surface area (Å²) >= 11 is 0. The lowest BCUT2D eigenvalue weighted by Gasteiger charge is -2.33. The van der Waals surface area contributed by atoms with Gasteiger partial charge in [-0.1, -0.05) is 63.5 Å². The first-order chi connectivity index (χ1) is 15.8. The third-order valence-corrected chi connectivity index (χ3v) is 8.74.